The molecule has 1 heterocycles. The fraction of sp³-hybridized carbons (Fsp3) is 0.286. The first-order valence-corrected chi connectivity index (χ1v) is 3.40. The quantitative estimate of drug-likeness (QED) is 0.503. The minimum atomic E-state index is -0.528. The number of nitrogen functional groups attached to an aromatic ring is 1. The Morgan fingerprint density at radius 3 is 2.58 bits per heavy atom. The zero-order chi connectivity index (χ0) is 9.30. The lowest BCUT2D eigenvalue weighted by Crippen LogP contribution is -2.00. The van der Waals surface area contributed by atoms with Crippen LogP contribution in [0.1, 0.15) is 11.3 Å². The zero-order valence-electron chi connectivity index (χ0n) is 6.87. The third kappa shape index (κ3) is 1.34. The van der Waals surface area contributed by atoms with Crippen LogP contribution >= 0.6 is 0 Å². The first-order valence-electron chi connectivity index (χ1n) is 3.40. The molecule has 0 fully saturated rings. The highest BCUT2D eigenvalue weighted by atomic mass is 16.6. The van der Waals surface area contributed by atoms with Crippen LogP contribution in [0.5, 0.6) is 0 Å². The van der Waals surface area contributed by atoms with E-state index in [0.717, 1.165) is 0 Å². The second-order valence-corrected chi connectivity index (χ2v) is 2.55. The molecule has 1 rings (SSSR count). The molecule has 0 amide bonds. The van der Waals surface area contributed by atoms with Crippen molar-refractivity contribution < 1.29 is 4.92 Å². The second kappa shape index (κ2) is 2.77. The van der Waals surface area contributed by atoms with Crippen molar-refractivity contribution in [1.29, 1.82) is 0 Å². The largest absolute Gasteiger partial charge is 0.395 e. The summed E-state index contributed by atoms with van der Waals surface area (Å²) in [4.78, 5) is 13.5. The SMILES string of the molecule is Cc1cc([N+](=O)[O-])nc(C)c1N. The maximum Gasteiger partial charge on any atom is 0.364 e. The van der Waals surface area contributed by atoms with Gasteiger partial charge in [-0.1, -0.05) is 0 Å². The highest BCUT2D eigenvalue weighted by Gasteiger charge is 2.12. The van der Waals surface area contributed by atoms with Crippen molar-refractivity contribution in [1.82, 2.24) is 4.98 Å². The number of hydrogen-bond acceptors (Lipinski definition) is 4. The summed E-state index contributed by atoms with van der Waals surface area (Å²) >= 11 is 0. The number of aromatic nitrogens is 1. The average molecular weight is 167 g/mol. The Morgan fingerprint density at radius 2 is 2.17 bits per heavy atom. The van der Waals surface area contributed by atoms with Crippen LogP contribution in [0.25, 0.3) is 0 Å². The standard InChI is InChI=1S/C7H9N3O2/c1-4-3-6(10(11)12)9-5(2)7(4)8/h3H,8H2,1-2H3. The number of pyridine rings is 1. The summed E-state index contributed by atoms with van der Waals surface area (Å²) in [5.41, 5.74) is 7.27. The number of anilines is 1. The lowest BCUT2D eigenvalue weighted by molar-refractivity contribution is -0.389. The molecule has 0 saturated carbocycles. The summed E-state index contributed by atoms with van der Waals surface area (Å²) in [6.07, 6.45) is 0. The van der Waals surface area contributed by atoms with Gasteiger partial charge in [-0.3, -0.25) is 0 Å². The number of hydrogen-bond donors (Lipinski definition) is 1. The summed E-state index contributed by atoms with van der Waals surface area (Å²) in [7, 11) is 0. The molecule has 0 saturated heterocycles. The average Bonchev–Trinajstić information content (AvgIpc) is 1.99. The van der Waals surface area contributed by atoms with Gasteiger partial charge in [-0.2, -0.15) is 0 Å². The van der Waals surface area contributed by atoms with Crippen LogP contribution in [-0.4, -0.2) is 9.91 Å². The van der Waals surface area contributed by atoms with Crippen LogP contribution < -0.4 is 5.73 Å². The van der Waals surface area contributed by atoms with E-state index in [2.05, 4.69) is 4.98 Å². The Hall–Kier alpha value is -1.65. The topological polar surface area (TPSA) is 82.0 Å². The summed E-state index contributed by atoms with van der Waals surface area (Å²) in [5.74, 6) is -0.154. The number of rotatable bonds is 1. The van der Waals surface area contributed by atoms with E-state index in [-0.39, 0.29) is 5.82 Å². The van der Waals surface area contributed by atoms with E-state index >= 15 is 0 Å². The first-order chi connectivity index (χ1) is 5.52. The molecule has 0 spiro atoms. The molecule has 0 unspecified atom stereocenters. The molecule has 0 aliphatic heterocycles. The van der Waals surface area contributed by atoms with Crippen LogP contribution in [0.4, 0.5) is 11.5 Å². The van der Waals surface area contributed by atoms with E-state index in [1.54, 1.807) is 13.8 Å². The molecule has 0 bridgehead atoms. The first kappa shape index (κ1) is 8.45. The fourth-order valence-corrected chi connectivity index (χ4v) is 0.915. The van der Waals surface area contributed by atoms with Gasteiger partial charge in [0, 0.05) is 13.0 Å². The van der Waals surface area contributed by atoms with E-state index in [9.17, 15) is 10.1 Å². The van der Waals surface area contributed by atoms with Crippen molar-refractivity contribution in [3.05, 3.63) is 27.4 Å². The monoisotopic (exact) mass is 167 g/mol. The predicted molar refractivity (Wildman–Crippen MR) is 44.8 cm³/mol. The van der Waals surface area contributed by atoms with Gasteiger partial charge >= 0.3 is 5.82 Å². The molecule has 0 aromatic carbocycles. The number of aryl methyl sites for hydroxylation is 2. The maximum absolute atomic E-state index is 10.3. The van der Waals surface area contributed by atoms with Crippen molar-refractivity contribution >= 4 is 11.5 Å². The van der Waals surface area contributed by atoms with Crippen LogP contribution in [-0.2, 0) is 0 Å². The summed E-state index contributed by atoms with van der Waals surface area (Å²) in [6, 6.07) is 1.36. The smallest absolute Gasteiger partial charge is 0.364 e. The van der Waals surface area contributed by atoms with E-state index in [4.69, 9.17) is 5.73 Å². The molecule has 0 aliphatic carbocycles. The molecule has 12 heavy (non-hydrogen) atoms. The lowest BCUT2D eigenvalue weighted by Gasteiger charge is -1.99. The Kier molecular flexibility index (Phi) is 1.95. The molecule has 1 aromatic heterocycles. The predicted octanol–water partition coefficient (Wildman–Crippen LogP) is 1.19. The minimum absolute atomic E-state index is 0.154. The Balaban J connectivity index is 3.31. The molecular formula is C7H9N3O2. The minimum Gasteiger partial charge on any atom is -0.395 e. The second-order valence-electron chi connectivity index (χ2n) is 2.55. The van der Waals surface area contributed by atoms with E-state index in [0.29, 0.717) is 16.9 Å². The molecule has 1 aromatic rings. The van der Waals surface area contributed by atoms with Gasteiger partial charge < -0.3 is 15.8 Å². The maximum atomic E-state index is 10.3. The van der Waals surface area contributed by atoms with Crippen LogP contribution in [0.2, 0.25) is 0 Å². The fourth-order valence-electron chi connectivity index (χ4n) is 0.915. The van der Waals surface area contributed by atoms with E-state index in [1.165, 1.54) is 6.07 Å². The van der Waals surface area contributed by atoms with E-state index < -0.39 is 4.92 Å². The van der Waals surface area contributed by atoms with Crippen LogP contribution in [0.15, 0.2) is 6.07 Å². The number of nitrogens with zero attached hydrogens (tertiary/aromatic N) is 2. The number of nitro groups is 1. The van der Waals surface area contributed by atoms with Gasteiger partial charge in [0.15, 0.2) is 5.69 Å². The van der Waals surface area contributed by atoms with Crippen molar-refractivity contribution in [3.63, 3.8) is 0 Å². The molecular weight excluding hydrogens is 158 g/mol. The molecule has 0 radical (unpaired) electrons. The highest BCUT2D eigenvalue weighted by molar-refractivity contribution is 5.52. The van der Waals surface area contributed by atoms with Gasteiger partial charge in [0.25, 0.3) is 0 Å². The molecule has 2 N–H and O–H groups in total. The molecule has 0 atom stereocenters. The third-order valence-corrected chi connectivity index (χ3v) is 1.63. The van der Waals surface area contributed by atoms with Gasteiger partial charge in [-0.05, 0) is 22.4 Å². The van der Waals surface area contributed by atoms with E-state index in [1.807, 2.05) is 0 Å². The van der Waals surface area contributed by atoms with Crippen molar-refractivity contribution in [2.24, 2.45) is 0 Å². The highest BCUT2D eigenvalue weighted by Crippen LogP contribution is 2.18. The summed E-state index contributed by atoms with van der Waals surface area (Å²) in [6.45, 7) is 3.37. The van der Waals surface area contributed by atoms with Gasteiger partial charge in [0.05, 0.1) is 5.69 Å². The zero-order valence-corrected chi connectivity index (χ0v) is 6.87. The molecule has 5 nitrogen and oxygen atoms in total. The number of nitrogens with two attached hydrogens (primary N) is 1. The molecule has 0 aliphatic rings. The molecule has 64 valence electrons. The van der Waals surface area contributed by atoms with Crippen molar-refractivity contribution in [3.8, 4) is 0 Å². The van der Waals surface area contributed by atoms with Crippen molar-refractivity contribution in [2.75, 3.05) is 5.73 Å². The van der Waals surface area contributed by atoms with Gasteiger partial charge in [0.2, 0.25) is 0 Å². The summed E-state index contributed by atoms with van der Waals surface area (Å²) < 4.78 is 0. The Morgan fingerprint density at radius 1 is 1.58 bits per heavy atom. The van der Waals surface area contributed by atoms with Crippen molar-refractivity contribution in [2.45, 2.75) is 13.8 Å². The van der Waals surface area contributed by atoms with Gasteiger partial charge in [0.1, 0.15) is 0 Å². The molecule has 5 heteroatoms. The Labute approximate surface area is 69.4 Å². The van der Waals surface area contributed by atoms with Crippen LogP contribution in [0.3, 0.4) is 0 Å². The lowest BCUT2D eigenvalue weighted by atomic mass is 10.2. The van der Waals surface area contributed by atoms with Gasteiger partial charge in [-0.25, -0.2) is 0 Å². The van der Waals surface area contributed by atoms with Crippen LogP contribution in [0, 0.1) is 24.0 Å². The third-order valence-electron chi connectivity index (χ3n) is 1.63. The normalized spacial score (nSPS) is 9.83. The Bertz CT molecular complexity index is 312. The summed E-state index contributed by atoms with van der Waals surface area (Å²) in [5, 5.41) is 10.3. The van der Waals surface area contributed by atoms with Gasteiger partial charge in [-0.15, -0.1) is 0 Å².